The van der Waals surface area contributed by atoms with Crippen LogP contribution >= 0.6 is 0 Å². The predicted octanol–water partition coefficient (Wildman–Crippen LogP) is 2.99. The number of hydrogen-bond acceptors (Lipinski definition) is 3. The van der Waals surface area contributed by atoms with E-state index in [4.69, 9.17) is 5.73 Å². The van der Waals surface area contributed by atoms with Gasteiger partial charge in [-0.15, -0.1) is 0 Å². The number of fused-ring (bicyclic) bond motifs is 1. The zero-order valence-electron chi connectivity index (χ0n) is 10.7. The van der Waals surface area contributed by atoms with Crippen LogP contribution < -0.4 is 5.73 Å². The molecule has 0 saturated heterocycles. The Bertz CT molecular complexity index is 717. The Morgan fingerprint density at radius 3 is 2.68 bits per heavy atom. The van der Waals surface area contributed by atoms with Gasteiger partial charge in [0, 0.05) is 24.0 Å². The van der Waals surface area contributed by atoms with E-state index in [1.165, 1.54) is 0 Å². The highest BCUT2D eigenvalue weighted by molar-refractivity contribution is 5.82. The third-order valence-electron chi connectivity index (χ3n) is 3.43. The van der Waals surface area contributed by atoms with Crippen molar-refractivity contribution in [2.45, 2.75) is 13.0 Å². The van der Waals surface area contributed by atoms with Crippen molar-refractivity contribution in [2.24, 2.45) is 5.73 Å². The molecule has 0 radical (unpaired) electrons. The molecule has 0 aliphatic carbocycles. The lowest BCUT2D eigenvalue weighted by Crippen LogP contribution is -2.14. The van der Waals surface area contributed by atoms with Gasteiger partial charge in [0.2, 0.25) is 0 Å². The van der Waals surface area contributed by atoms with E-state index in [9.17, 15) is 0 Å². The number of aromatic nitrogens is 2. The van der Waals surface area contributed by atoms with Gasteiger partial charge in [0.25, 0.3) is 0 Å². The number of para-hydroxylation sites is 1. The number of nitrogens with zero attached hydrogens (tertiary/aromatic N) is 2. The number of aryl methyl sites for hydroxylation is 1. The van der Waals surface area contributed by atoms with Gasteiger partial charge in [-0.05, 0) is 41.8 Å². The third kappa shape index (κ3) is 2.09. The topological polar surface area (TPSA) is 51.8 Å². The van der Waals surface area contributed by atoms with E-state index in [1.54, 1.807) is 6.20 Å². The molecule has 0 fully saturated rings. The van der Waals surface area contributed by atoms with Crippen LogP contribution in [0.4, 0.5) is 0 Å². The van der Waals surface area contributed by atoms with Crippen molar-refractivity contribution in [3.8, 4) is 0 Å². The smallest absolute Gasteiger partial charge is 0.0705 e. The number of pyridine rings is 2. The lowest BCUT2D eigenvalue weighted by atomic mass is 9.95. The molecule has 0 amide bonds. The normalized spacial score (nSPS) is 12.5. The van der Waals surface area contributed by atoms with E-state index < -0.39 is 0 Å². The molecule has 1 atom stereocenters. The van der Waals surface area contributed by atoms with Gasteiger partial charge in [-0.2, -0.15) is 0 Å². The molecule has 0 aliphatic heterocycles. The third-order valence-corrected chi connectivity index (χ3v) is 3.43. The van der Waals surface area contributed by atoms with E-state index in [0.717, 1.165) is 27.6 Å². The number of benzene rings is 1. The standard InChI is InChI=1S/C16H15N3/c1-11-6-8-18-10-14(11)16(17)13-7-9-19-15-5-3-2-4-12(13)15/h2-10,16H,17H2,1H3. The second kappa shape index (κ2) is 4.78. The molecule has 0 bridgehead atoms. The summed E-state index contributed by atoms with van der Waals surface area (Å²) >= 11 is 0. The Labute approximate surface area is 112 Å². The Morgan fingerprint density at radius 1 is 1.00 bits per heavy atom. The van der Waals surface area contributed by atoms with E-state index in [1.807, 2.05) is 42.7 Å². The van der Waals surface area contributed by atoms with Crippen LogP contribution in [0.1, 0.15) is 22.7 Å². The summed E-state index contributed by atoms with van der Waals surface area (Å²) in [6, 6.07) is 11.8. The molecule has 1 unspecified atom stereocenters. The maximum absolute atomic E-state index is 6.42. The minimum absolute atomic E-state index is 0.179. The SMILES string of the molecule is Cc1ccncc1C(N)c1ccnc2ccccc12. The molecule has 3 nitrogen and oxygen atoms in total. The van der Waals surface area contributed by atoms with Crippen molar-refractivity contribution >= 4 is 10.9 Å². The largest absolute Gasteiger partial charge is 0.320 e. The lowest BCUT2D eigenvalue weighted by molar-refractivity contribution is 0.859. The van der Waals surface area contributed by atoms with Gasteiger partial charge in [-0.25, -0.2) is 0 Å². The molecule has 94 valence electrons. The first-order chi connectivity index (χ1) is 9.27. The van der Waals surface area contributed by atoms with E-state index >= 15 is 0 Å². The van der Waals surface area contributed by atoms with Crippen molar-refractivity contribution in [2.75, 3.05) is 0 Å². The van der Waals surface area contributed by atoms with Crippen LogP contribution in [0.5, 0.6) is 0 Å². The lowest BCUT2D eigenvalue weighted by Gasteiger charge is -2.16. The maximum Gasteiger partial charge on any atom is 0.0705 e. The Morgan fingerprint density at radius 2 is 1.84 bits per heavy atom. The molecule has 0 saturated carbocycles. The van der Waals surface area contributed by atoms with Crippen LogP contribution in [0.2, 0.25) is 0 Å². The highest BCUT2D eigenvalue weighted by Crippen LogP contribution is 2.27. The highest BCUT2D eigenvalue weighted by Gasteiger charge is 2.14. The number of nitrogens with two attached hydrogens (primary N) is 1. The van der Waals surface area contributed by atoms with Crippen molar-refractivity contribution in [3.05, 3.63) is 71.7 Å². The molecule has 2 heterocycles. The minimum Gasteiger partial charge on any atom is -0.320 e. The van der Waals surface area contributed by atoms with Crippen molar-refractivity contribution in [1.82, 2.24) is 9.97 Å². The summed E-state index contributed by atoms with van der Waals surface area (Å²) in [4.78, 5) is 8.55. The van der Waals surface area contributed by atoms with Gasteiger partial charge in [0.05, 0.1) is 11.6 Å². The van der Waals surface area contributed by atoms with Crippen LogP contribution in [-0.4, -0.2) is 9.97 Å². The first kappa shape index (κ1) is 11.8. The summed E-state index contributed by atoms with van der Waals surface area (Å²) in [6.07, 6.45) is 5.44. The second-order valence-corrected chi connectivity index (χ2v) is 4.63. The van der Waals surface area contributed by atoms with E-state index in [2.05, 4.69) is 23.0 Å². The van der Waals surface area contributed by atoms with Crippen molar-refractivity contribution < 1.29 is 0 Å². The zero-order valence-corrected chi connectivity index (χ0v) is 10.7. The fourth-order valence-corrected chi connectivity index (χ4v) is 2.36. The number of rotatable bonds is 2. The number of hydrogen-bond donors (Lipinski definition) is 1. The Balaban J connectivity index is 2.17. The highest BCUT2D eigenvalue weighted by atomic mass is 14.7. The average molecular weight is 249 g/mol. The van der Waals surface area contributed by atoms with Crippen LogP contribution in [0.15, 0.2) is 55.0 Å². The first-order valence-electron chi connectivity index (χ1n) is 6.27. The van der Waals surface area contributed by atoms with Crippen molar-refractivity contribution in [1.29, 1.82) is 0 Å². The van der Waals surface area contributed by atoms with Crippen molar-refractivity contribution in [3.63, 3.8) is 0 Å². The fraction of sp³-hybridized carbons (Fsp3) is 0.125. The van der Waals surface area contributed by atoms with E-state index in [-0.39, 0.29) is 6.04 Å². The average Bonchev–Trinajstić information content (AvgIpc) is 2.46. The second-order valence-electron chi connectivity index (χ2n) is 4.63. The Kier molecular flexibility index (Phi) is 2.97. The van der Waals surface area contributed by atoms with E-state index in [0.29, 0.717) is 0 Å². The Hall–Kier alpha value is -2.26. The predicted molar refractivity (Wildman–Crippen MR) is 76.7 cm³/mol. The fourth-order valence-electron chi connectivity index (χ4n) is 2.36. The molecule has 3 heteroatoms. The van der Waals surface area contributed by atoms with Gasteiger partial charge < -0.3 is 5.73 Å². The summed E-state index contributed by atoms with van der Waals surface area (Å²) in [5.41, 5.74) is 10.7. The molecule has 3 rings (SSSR count). The quantitative estimate of drug-likeness (QED) is 0.759. The molecular formula is C16H15N3. The maximum atomic E-state index is 6.42. The van der Waals surface area contributed by atoms with Crippen LogP contribution in [0.25, 0.3) is 10.9 Å². The molecule has 3 aromatic rings. The minimum atomic E-state index is -0.179. The molecule has 0 spiro atoms. The molecule has 2 aromatic heterocycles. The molecular weight excluding hydrogens is 234 g/mol. The molecule has 1 aromatic carbocycles. The summed E-state index contributed by atoms with van der Waals surface area (Å²) in [5, 5.41) is 1.10. The van der Waals surface area contributed by atoms with Gasteiger partial charge in [0.1, 0.15) is 0 Å². The van der Waals surface area contributed by atoms with Gasteiger partial charge in [-0.1, -0.05) is 18.2 Å². The summed E-state index contributed by atoms with van der Waals surface area (Å²) in [6.45, 7) is 2.06. The summed E-state index contributed by atoms with van der Waals surface area (Å²) in [5.74, 6) is 0. The summed E-state index contributed by atoms with van der Waals surface area (Å²) < 4.78 is 0. The molecule has 0 aliphatic rings. The molecule has 19 heavy (non-hydrogen) atoms. The van der Waals surface area contributed by atoms with Crippen LogP contribution in [-0.2, 0) is 0 Å². The van der Waals surface area contributed by atoms with Gasteiger partial charge >= 0.3 is 0 Å². The van der Waals surface area contributed by atoms with Gasteiger partial charge in [-0.3, -0.25) is 9.97 Å². The monoisotopic (exact) mass is 249 g/mol. The van der Waals surface area contributed by atoms with Crippen LogP contribution in [0.3, 0.4) is 0 Å². The van der Waals surface area contributed by atoms with Crippen LogP contribution in [0, 0.1) is 6.92 Å². The first-order valence-corrected chi connectivity index (χ1v) is 6.27. The summed E-state index contributed by atoms with van der Waals surface area (Å²) in [7, 11) is 0. The molecule has 2 N–H and O–H groups in total. The van der Waals surface area contributed by atoms with Gasteiger partial charge in [0.15, 0.2) is 0 Å². The zero-order chi connectivity index (χ0) is 13.2.